The van der Waals surface area contributed by atoms with Crippen LogP contribution in [-0.4, -0.2) is 22.9 Å². The van der Waals surface area contributed by atoms with E-state index >= 15 is 0 Å². The van der Waals surface area contributed by atoms with Gasteiger partial charge < -0.3 is 13.9 Å². The van der Waals surface area contributed by atoms with Gasteiger partial charge >= 0.3 is 7.12 Å². The first-order valence-corrected chi connectivity index (χ1v) is 9.14. The number of aryl methyl sites for hydroxylation is 2. The lowest BCUT2D eigenvalue weighted by atomic mass is 9.67. The molecule has 3 rings (SSSR count). The van der Waals surface area contributed by atoms with E-state index in [1.165, 1.54) is 16.5 Å². The summed E-state index contributed by atoms with van der Waals surface area (Å²) in [4.78, 5) is 0. The fraction of sp³-hybridized carbons (Fsp3) is 0.600. The van der Waals surface area contributed by atoms with Gasteiger partial charge in [0.1, 0.15) is 0 Å². The maximum absolute atomic E-state index is 6.27. The number of para-hydroxylation sites is 1. The number of aromatic nitrogens is 1. The first kappa shape index (κ1) is 17.6. The van der Waals surface area contributed by atoms with E-state index in [4.69, 9.17) is 9.31 Å². The summed E-state index contributed by atoms with van der Waals surface area (Å²) in [7, 11) is 2.02. The highest BCUT2D eigenvalue weighted by Gasteiger charge is 2.53. The van der Waals surface area contributed by atoms with Crippen LogP contribution < -0.4 is 0 Å². The molecule has 1 fully saturated rings. The molecule has 1 unspecified atom stereocenters. The highest BCUT2D eigenvalue weighted by atomic mass is 16.7. The van der Waals surface area contributed by atoms with Crippen molar-refractivity contribution in [2.24, 2.45) is 7.05 Å². The zero-order valence-electron chi connectivity index (χ0n) is 15.9. The molecule has 0 aliphatic carbocycles. The number of benzene rings is 1. The van der Waals surface area contributed by atoms with Crippen LogP contribution in [-0.2, 0) is 22.8 Å². The zero-order valence-corrected chi connectivity index (χ0v) is 15.9. The molecule has 0 radical (unpaired) electrons. The number of hydrogen-bond acceptors (Lipinski definition) is 2. The van der Waals surface area contributed by atoms with E-state index in [0.717, 1.165) is 19.3 Å². The summed E-state index contributed by atoms with van der Waals surface area (Å²) in [6, 6.07) is 8.63. The van der Waals surface area contributed by atoms with Crippen LogP contribution in [0.4, 0.5) is 0 Å². The van der Waals surface area contributed by atoms with Crippen molar-refractivity contribution in [2.75, 3.05) is 0 Å². The van der Waals surface area contributed by atoms with Crippen LogP contribution in [0.15, 0.2) is 30.5 Å². The van der Waals surface area contributed by atoms with Crippen LogP contribution in [0.2, 0.25) is 5.82 Å². The molecule has 1 aromatic heterocycles. The predicted octanol–water partition coefficient (Wildman–Crippen LogP) is 4.98. The lowest BCUT2D eigenvalue weighted by Gasteiger charge is -2.32. The van der Waals surface area contributed by atoms with Crippen molar-refractivity contribution < 1.29 is 9.31 Å². The van der Waals surface area contributed by atoms with Gasteiger partial charge in [-0.1, -0.05) is 31.5 Å². The molecule has 1 saturated heterocycles. The molecule has 1 aliphatic rings. The Balaban J connectivity index is 1.73. The Bertz CT molecular complexity index is 703. The lowest BCUT2D eigenvalue weighted by molar-refractivity contribution is 0.00578. The maximum atomic E-state index is 6.27. The predicted molar refractivity (Wildman–Crippen MR) is 101 cm³/mol. The second kappa shape index (κ2) is 6.23. The Hall–Kier alpha value is -1.26. The SMILES string of the molecule is CCC(CCc1cn(C)c2ccccc12)B1OC(C)(C)C(C)(C)O1. The van der Waals surface area contributed by atoms with Gasteiger partial charge in [0.15, 0.2) is 0 Å². The molecule has 4 heteroatoms. The van der Waals surface area contributed by atoms with Gasteiger partial charge in [-0.15, -0.1) is 0 Å². The Morgan fingerprint density at radius 1 is 1.08 bits per heavy atom. The number of fused-ring (bicyclic) bond motifs is 1. The molecular weight excluding hydrogens is 297 g/mol. The smallest absolute Gasteiger partial charge is 0.403 e. The highest BCUT2D eigenvalue weighted by molar-refractivity contribution is 6.47. The van der Waals surface area contributed by atoms with Crippen molar-refractivity contribution in [3.05, 3.63) is 36.0 Å². The molecule has 0 spiro atoms. The summed E-state index contributed by atoms with van der Waals surface area (Å²) in [6.07, 6.45) is 5.48. The molecule has 1 atom stereocenters. The minimum atomic E-state index is -0.246. The first-order valence-electron chi connectivity index (χ1n) is 9.14. The lowest BCUT2D eigenvalue weighted by Crippen LogP contribution is -2.41. The molecule has 1 aliphatic heterocycles. The third kappa shape index (κ3) is 3.02. The second-order valence-corrected chi connectivity index (χ2v) is 8.11. The van der Waals surface area contributed by atoms with E-state index in [0.29, 0.717) is 5.82 Å². The van der Waals surface area contributed by atoms with Crippen molar-refractivity contribution in [1.29, 1.82) is 0 Å². The minimum Gasteiger partial charge on any atom is -0.403 e. The fourth-order valence-electron chi connectivity index (χ4n) is 3.58. The Morgan fingerprint density at radius 2 is 1.71 bits per heavy atom. The van der Waals surface area contributed by atoms with Crippen LogP contribution in [0.1, 0.15) is 53.0 Å². The van der Waals surface area contributed by atoms with Gasteiger partial charge in [-0.25, -0.2) is 0 Å². The van der Waals surface area contributed by atoms with Crippen LogP contribution in [0, 0.1) is 0 Å². The van der Waals surface area contributed by atoms with Crippen LogP contribution in [0.3, 0.4) is 0 Å². The van der Waals surface area contributed by atoms with Gasteiger partial charge in [0.05, 0.1) is 11.2 Å². The Morgan fingerprint density at radius 3 is 2.33 bits per heavy atom. The molecule has 2 aromatic rings. The van der Waals surface area contributed by atoms with E-state index in [1.54, 1.807) is 0 Å². The molecule has 2 heterocycles. The molecule has 0 saturated carbocycles. The average Bonchev–Trinajstić information content (AvgIpc) is 2.94. The van der Waals surface area contributed by atoms with E-state index in [9.17, 15) is 0 Å². The zero-order chi connectivity index (χ0) is 17.5. The quantitative estimate of drug-likeness (QED) is 0.723. The van der Waals surface area contributed by atoms with E-state index in [1.807, 2.05) is 0 Å². The summed E-state index contributed by atoms with van der Waals surface area (Å²) < 4.78 is 14.8. The van der Waals surface area contributed by atoms with Crippen molar-refractivity contribution >= 4 is 18.0 Å². The number of hydrogen-bond donors (Lipinski definition) is 0. The van der Waals surface area contributed by atoms with Gasteiger partial charge in [-0.2, -0.15) is 0 Å². The monoisotopic (exact) mass is 327 g/mol. The van der Waals surface area contributed by atoms with Crippen LogP contribution >= 0.6 is 0 Å². The molecule has 130 valence electrons. The number of rotatable bonds is 5. The minimum absolute atomic E-state index is 0.102. The topological polar surface area (TPSA) is 23.4 Å². The van der Waals surface area contributed by atoms with Crippen LogP contribution in [0.25, 0.3) is 10.9 Å². The largest absolute Gasteiger partial charge is 0.461 e. The third-order valence-corrected chi connectivity index (χ3v) is 5.94. The summed E-state index contributed by atoms with van der Waals surface area (Å²) in [5, 5.41) is 1.36. The molecule has 1 aromatic carbocycles. The molecule has 24 heavy (non-hydrogen) atoms. The second-order valence-electron chi connectivity index (χ2n) is 8.11. The molecular formula is C20H30BNO2. The van der Waals surface area contributed by atoms with Gasteiger partial charge in [0, 0.05) is 24.1 Å². The van der Waals surface area contributed by atoms with Crippen molar-refractivity contribution in [3.63, 3.8) is 0 Å². The van der Waals surface area contributed by atoms with E-state index in [2.05, 4.69) is 76.7 Å². The summed E-state index contributed by atoms with van der Waals surface area (Å²) in [6.45, 7) is 10.8. The standard InChI is InChI=1S/C20H30BNO2/c1-7-16(21-23-19(2,3)20(4,5)24-21)13-12-15-14-22(6)18-11-9-8-10-17(15)18/h8-11,14,16H,7,12-13H2,1-6H3. The molecule has 3 nitrogen and oxygen atoms in total. The number of nitrogens with zero attached hydrogens (tertiary/aromatic N) is 1. The van der Waals surface area contributed by atoms with E-state index in [-0.39, 0.29) is 18.3 Å². The molecule has 0 amide bonds. The van der Waals surface area contributed by atoms with Gasteiger partial charge in [-0.3, -0.25) is 0 Å². The average molecular weight is 327 g/mol. The summed E-state index contributed by atoms with van der Waals surface area (Å²) in [5.41, 5.74) is 2.23. The summed E-state index contributed by atoms with van der Waals surface area (Å²) >= 11 is 0. The Kier molecular flexibility index (Phi) is 4.56. The molecule has 0 N–H and O–H groups in total. The highest BCUT2D eigenvalue weighted by Crippen LogP contribution is 2.42. The van der Waals surface area contributed by atoms with Crippen molar-refractivity contribution in [2.45, 2.75) is 70.9 Å². The van der Waals surface area contributed by atoms with Crippen molar-refractivity contribution in [3.8, 4) is 0 Å². The normalized spacial score (nSPS) is 20.7. The molecule has 0 bridgehead atoms. The third-order valence-electron chi connectivity index (χ3n) is 5.94. The fourth-order valence-corrected chi connectivity index (χ4v) is 3.58. The van der Waals surface area contributed by atoms with Crippen molar-refractivity contribution in [1.82, 2.24) is 4.57 Å². The van der Waals surface area contributed by atoms with Gasteiger partial charge in [0.25, 0.3) is 0 Å². The van der Waals surface area contributed by atoms with Gasteiger partial charge in [0.2, 0.25) is 0 Å². The van der Waals surface area contributed by atoms with Gasteiger partial charge in [-0.05, 0) is 58.0 Å². The summed E-state index contributed by atoms with van der Waals surface area (Å²) in [5.74, 6) is 0.421. The van der Waals surface area contributed by atoms with E-state index < -0.39 is 0 Å². The maximum Gasteiger partial charge on any atom is 0.461 e. The first-order chi connectivity index (χ1) is 11.2. The van der Waals surface area contributed by atoms with Crippen LogP contribution in [0.5, 0.6) is 0 Å². The Labute approximate surface area is 146 Å².